The van der Waals surface area contributed by atoms with Crippen molar-refractivity contribution in [3.63, 3.8) is 0 Å². The molecule has 0 spiro atoms. The van der Waals surface area contributed by atoms with Crippen LogP contribution in [0.25, 0.3) is 0 Å². The Morgan fingerprint density at radius 3 is 1.65 bits per heavy atom. The van der Waals surface area contributed by atoms with Crippen LogP contribution in [0.5, 0.6) is 0 Å². The van der Waals surface area contributed by atoms with Crippen LogP contribution in [-0.4, -0.2) is 23.5 Å². The van der Waals surface area contributed by atoms with Crippen molar-refractivity contribution in [1.29, 1.82) is 0 Å². The minimum absolute atomic E-state index is 0.272. The summed E-state index contributed by atoms with van der Waals surface area (Å²) in [6.07, 6.45) is 1.95. The lowest BCUT2D eigenvalue weighted by molar-refractivity contribution is 0.296. The molecule has 0 aromatic heterocycles. The Bertz CT molecular complexity index is 468. The van der Waals surface area contributed by atoms with Crippen molar-refractivity contribution in [3.05, 3.63) is 60.7 Å². The Hall–Kier alpha value is -1.17. The molecule has 2 aromatic carbocycles. The average molecular weight is 287 g/mol. The summed E-state index contributed by atoms with van der Waals surface area (Å²) in [4.78, 5) is 0. The molecular weight excluding hydrogens is 263 g/mol. The average Bonchev–Trinajstić information content (AvgIpc) is 2.50. The van der Waals surface area contributed by atoms with Crippen molar-refractivity contribution in [1.82, 2.24) is 0 Å². The van der Waals surface area contributed by atoms with Gasteiger partial charge in [-0.3, -0.25) is 0 Å². The van der Waals surface area contributed by atoms with Crippen LogP contribution >= 0.6 is 7.26 Å². The van der Waals surface area contributed by atoms with E-state index in [9.17, 15) is 5.11 Å². The first-order valence-electron chi connectivity index (χ1n) is 7.31. The Balaban J connectivity index is 2.57. The van der Waals surface area contributed by atoms with E-state index in [2.05, 4.69) is 74.5 Å². The molecule has 0 unspecified atom stereocenters. The normalized spacial score (nSPS) is 11.8. The van der Waals surface area contributed by atoms with E-state index >= 15 is 0 Å². The van der Waals surface area contributed by atoms with Crippen molar-refractivity contribution in [2.45, 2.75) is 25.9 Å². The lowest BCUT2D eigenvalue weighted by Crippen LogP contribution is -2.31. The van der Waals surface area contributed by atoms with Gasteiger partial charge in [0.25, 0.3) is 0 Å². The minimum atomic E-state index is -1.45. The number of hydrogen-bond acceptors (Lipinski definition) is 1. The summed E-state index contributed by atoms with van der Waals surface area (Å²) in [7, 11) is -1.45. The maximum Gasteiger partial charge on any atom is 0.0994 e. The smallest absolute Gasteiger partial charge is 0.0994 e. The zero-order valence-corrected chi connectivity index (χ0v) is 13.3. The monoisotopic (exact) mass is 287 g/mol. The molecule has 2 aromatic rings. The van der Waals surface area contributed by atoms with Crippen molar-refractivity contribution >= 4 is 17.9 Å². The lowest BCUT2D eigenvalue weighted by atomic mass is 10.4. The second kappa shape index (κ2) is 7.02. The summed E-state index contributed by atoms with van der Waals surface area (Å²) < 4.78 is 0. The van der Waals surface area contributed by atoms with Gasteiger partial charge in [0.15, 0.2) is 0 Å². The molecule has 1 N–H and O–H groups in total. The van der Waals surface area contributed by atoms with Crippen LogP contribution in [0.15, 0.2) is 60.7 Å². The maximum atomic E-state index is 9.32. The lowest BCUT2D eigenvalue weighted by Gasteiger charge is -2.31. The van der Waals surface area contributed by atoms with E-state index in [1.54, 1.807) is 0 Å². The quantitative estimate of drug-likeness (QED) is 0.807. The van der Waals surface area contributed by atoms with Crippen LogP contribution in [0, 0.1) is 0 Å². The molecule has 0 bridgehead atoms. The summed E-state index contributed by atoms with van der Waals surface area (Å²) in [5.41, 5.74) is 0.582. The Morgan fingerprint density at radius 2 is 1.30 bits per heavy atom. The van der Waals surface area contributed by atoms with Crippen molar-refractivity contribution < 1.29 is 5.11 Å². The van der Waals surface area contributed by atoms with Gasteiger partial charge in [0.2, 0.25) is 0 Å². The van der Waals surface area contributed by atoms with E-state index in [1.165, 1.54) is 10.6 Å². The number of aliphatic hydroxyl groups excluding tert-OH is 1. The van der Waals surface area contributed by atoms with Gasteiger partial charge < -0.3 is 5.11 Å². The van der Waals surface area contributed by atoms with Gasteiger partial charge in [-0.25, -0.2) is 0 Å². The van der Waals surface area contributed by atoms with Crippen molar-refractivity contribution in [2.24, 2.45) is 0 Å². The zero-order valence-electron chi connectivity index (χ0n) is 12.4. The highest BCUT2D eigenvalue weighted by atomic mass is 31.2. The molecular formula is C18H24OP+. The summed E-state index contributed by atoms with van der Waals surface area (Å²) in [6.45, 7) is 4.92. The SMILES string of the molecule is CC(C)[P+](CCCO)(c1ccccc1)c1ccccc1. The van der Waals surface area contributed by atoms with Crippen LogP contribution in [0.4, 0.5) is 0 Å². The molecule has 106 valence electrons. The van der Waals surface area contributed by atoms with Crippen LogP contribution in [-0.2, 0) is 0 Å². The molecule has 0 heterocycles. The van der Waals surface area contributed by atoms with Gasteiger partial charge in [-0.1, -0.05) is 36.4 Å². The third-order valence-corrected chi connectivity index (χ3v) is 9.21. The van der Waals surface area contributed by atoms with E-state index in [4.69, 9.17) is 0 Å². The number of rotatable bonds is 6. The number of benzene rings is 2. The largest absolute Gasteiger partial charge is 0.396 e. The predicted octanol–water partition coefficient (Wildman–Crippen LogP) is 3.45. The second-order valence-electron chi connectivity index (χ2n) is 5.43. The molecule has 0 aliphatic carbocycles. The van der Waals surface area contributed by atoms with Gasteiger partial charge in [0.05, 0.1) is 29.7 Å². The van der Waals surface area contributed by atoms with Crippen LogP contribution in [0.1, 0.15) is 20.3 Å². The second-order valence-corrected chi connectivity index (χ2v) is 9.68. The molecule has 0 radical (unpaired) electrons. The molecule has 0 saturated heterocycles. The van der Waals surface area contributed by atoms with Crippen molar-refractivity contribution in [2.75, 3.05) is 12.8 Å². The Kier molecular flexibility index (Phi) is 5.34. The zero-order chi connectivity index (χ0) is 14.4. The van der Waals surface area contributed by atoms with Gasteiger partial charge >= 0.3 is 0 Å². The van der Waals surface area contributed by atoms with Gasteiger partial charge in [-0.2, -0.15) is 0 Å². The Morgan fingerprint density at radius 1 is 0.850 bits per heavy atom. The van der Waals surface area contributed by atoms with Gasteiger partial charge in [-0.15, -0.1) is 0 Å². The van der Waals surface area contributed by atoms with Crippen LogP contribution in [0.3, 0.4) is 0 Å². The fraction of sp³-hybridized carbons (Fsp3) is 0.333. The van der Waals surface area contributed by atoms with E-state index in [1.807, 2.05) is 0 Å². The first-order valence-corrected chi connectivity index (χ1v) is 9.36. The first-order chi connectivity index (χ1) is 9.71. The highest BCUT2D eigenvalue weighted by molar-refractivity contribution is 7.90. The molecule has 1 nitrogen and oxygen atoms in total. The van der Waals surface area contributed by atoms with E-state index in [0.717, 1.165) is 12.6 Å². The van der Waals surface area contributed by atoms with Gasteiger partial charge in [0, 0.05) is 13.0 Å². The first kappa shape index (κ1) is 15.2. The van der Waals surface area contributed by atoms with E-state index in [-0.39, 0.29) is 6.61 Å². The standard InChI is InChI=1S/C18H24OP/c1-16(2)20(15-9-14-19,17-10-5-3-6-11-17)18-12-7-4-8-13-18/h3-8,10-13,16,19H,9,14-15H2,1-2H3/q+1. The molecule has 0 fully saturated rings. The molecule has 0 amide bonds. The van der Waals surface area contributed by atoms with E-state index < -0.39 is 7.26 Å². The Labute approximate surface area is 123 Å². The third-order valence-electron chi connectivity index (χ3n) is 3.98. The highest BCUT2D eigenvalue weighted by Crippen LogP contribution is 2.60. The minimum Gasteiger partial charge on any atom is -0.396 e. The molecule has 20 heavy (non-hydrogen) atoms. The fourth-order valence-electron chi connectivity index (χ4n) is 2.97. The molecule has 0 aliphatic heterocycles. The van der Waals surface area contributed by atoms with Crippen LogP contribution in [0.2, 0.25) is 0 Å². The summed E-state index contributed by atoms with van der Waals surface area (Å²) in [6, 6.07) is 21.7. The maximum absolute atomic E-state index is 9.32. The molecule has 2 rings (SSSR count). The molecule has 2 heteroatoms. The van der Waals surface area contributed by atoms with Crippen molar-refractivity contribution in [3.8, 4) is 0 Å². The predicted molar refractivity (Wildman–Crippen MR) is 90.8 cm³/mol. The molecule has 0 saturated carbocycles. The van der Waals surface area contributed by atoms with Gasteiger partial charge in [0.1, 0.15) is 0 Å². The molecule has 0 aliphatic rings. The topological polar surface area (TPSA) is 20.2 Å². The van der Waals surface area contributed by atoms with E-state index in [0.29, 0.717) is 5.66 Å². The highest BCUT2D eigenvalue weighted by Gasteiger charge is 2.45. The third kappa shape index (κ3) is 2.95. The number of aliphatic hydroxyl groups is 1. The fourth-order valence-corrected chi connectivity index (χ4v) is 7.54. The van der Waals surface area contributed by atoms with Gasteiger partial charge in [-0.05, 0) is 38.1 Å². The van der Waals surface area contributed by atoms with Crippen LogP contribution < -0.4 is 10.6 Å². The number of hydrogen-bond donors (Lipinski definition) is 1. The molecule has 0 atom stereocenters. The summed E-state index contributed by atoms with van der Waals surface area (Å²) >= 11 is 0. The summed E-state index contributed by atoms with van der Waals surface area (Å²) in [5, 5.41) is 12.2. The summed E-state index contributed by atoms with van der Waals surface area (Å²) in [5.74, 6) is 0.